The first-order chi connectivity index (χ1) is 12.6. The molecule has 152 valence electrons. The molecule has 0 atom stereocenters. The predicted molar refractivity (Wildman–Crippen MR) is 107 cm³/mol. The lowest BCUT2D eigenvalue weighted by Gasteiger charge is -2.39. The molecule has 1 N–H and O–H groups in total. The Kier molecular flexibility index (Phi) is 7.38. The molecule has 2 rings (SSSR count). The van der Waals surface area contributed by atoms with Crippen molar-refractivity contribution in [2.24, 2.45) is 5.92 Å². The minimum absolute atomic E-state index is 0.146. The van der Waals surface area contributed by atoms with Gasteiger partial charge in [0.25, 0.3) is 0 Å². The fourth-order valence-electron chi connectivity index (χ4n) is 3.44. The second kappa shape index (κ2) is 8.96. The van der Waals surface area contributed by atoms with E-state index < -0.39 is 23.6 Å². The summed E-state index contributed by atoms with van der Waals surface area (Å²) in [6.07, 6.45) is 0.388. The SMILES string of the molecule is CCC(CC)CC1(I)CCN(C(=O)Nc2cc(F)cc(C(F)(F)F)c2)CC1. The molecular formula is C19H25F4IN2O. The average Bonchev–Trinajstić information content (AvgIpc) is 2.59. The lowest BCUT2D eigenvalue weighted by molar-refractivity contribution is -0.137. The molecule has 0 spiro atoms. The van der Waals surface area contributed by atoms with E-state index in [9.17, 15) is 22.4 Å². The second-order valence-electron chi connectivity index (χ2n) is 7.18. The molecule has 0 aliphatic carbocycles. The van der Waals surface area contributed by atoms with Crippen LogP contribution in [0.2, 0.25) is 0 Å². The number of nitrogens with zero attached hydrogens (tertiary/aromatic N) is 1. The number of hydrogen-bond donors (Lipinski definition) is 1. The van der Waals surface area contributed by atoms with Crippen molar-refractivity contribution in [1.82, 2.24) is 4.90 Å². The molecular weight excluding hydrogens is 475 g/mol. The summed E-state index contributed by atoms with van der Waals surface area (Å²) in [5.74, 6) is -0.370. The lowest BCUT2D eigenvalue weighted by atomic mass is 9.85. The number of piperidine rings is 1. The number of likely N-dealkylation sites (tertiary alicyclic amines) is 1. The molecule has 1 aliphatic rings. The van der Waals surface area contributed by atoms with Gasteiger partial charge in [-0.05, 0) is 43.4 Å². The topological polar surface area (TPSA) is 32.3 Å². The number of nitrogens with one attached hydrogen (secondary N) is 1. The van der Waals surface area contributed by atoms with Gasteiger partial charge in [-0.3, -0.25) is 0 Å². The summed E-state index contributed by atoms with van der Waals surface area (Å²) in [4.78, 5) is 14.0. The first-order valence-electron chi connectivity index (χ1n) is 9.19. The minimum atomic E-state index is -4.66. The van der Waals surface area contributed by atoms with Gasteiger partial charge in [0.2, 0.25) is 0 Å². The summed E-state index contributed by atoms with van der Waals surface area (Å²) in [7, 11) is 0. The molecule has 1 fully saturated rings. The molecule has 1 aliphatic heterocycles. The summed E-state index contributed by atoms with van der Waals surface area (Å²) in [6, 6.07) is 1.57. The van der Waals surface area contributed by atoms with Crippen LogP contribution in [0.25, 0.3) is 0 Å². The summed E-state index contributed by atoms with van der Waals surface area (Å²) in [5, 5.41) is 2.40. The molecule has 1 aromatic carbocycles. The van der Waals surface area contributed by atoms with Crippen molar-refractivity contribution in [3.05, 3.63) is 29.6 Å². The van der Waals surface area contributed by atoms with Gasteiger partial charge in [-0.1, -0.05) is 49.3 Å². The minimum Gasteiger partial charge on any atom is -0.324 e. The third-order valence-electron chi connectivity index (χ3n) is 5.23. The lowest BCUT2D eigenvalue weighted by Crippen LogP contribution is -2.46. The molecule has 1 saturated heterocycles. The maximum atomic E-state index is 13.5. The summed E-state index contributed by atoms with van der Waals surface area (Å²) in [5.41, 5.74) is -1.30. The average molecular weight is 500 g/mol. The molecule has 2 amide bonds. The Morgan fingerprint density at radius 1 is 1.22 bits per heavy atom. The van der Waals surface area contributed by atoms with E-state index >= 15 is 0 Å². The van der Waals surface area contributed by atoms with Crippen LogP contribution < -0.4 is 5.32 Å². The van der Waals surface area contributed by atoms with Gasteiger partial charge >= 0.3 is 12.2 Å². The van der Waals surface area contributed by atoms with Gasteiger partial charge in [-0.2, -0.15) is 13.2 Å². The third-order valence-corrected chi connectivity index (χ3v) is 6.75. The molecule has 0 saturated carbocycles. The van der Waals surface area contributed by atoms with E-state index in [0.717, 1.165) is 44.2 Å². The number of amides is 2. The van der Waals surface area contributed by atoms with E-state index in [1.165, 1.54) is 0 Å². The van der Waals surface area contributed by atoms with Crippen LogP contribution in [-0.4, -0.2) is 27.4 Å². The Morgan fingerprint density at radius 3 is 2.33 bits per heavy atom. The van der Waals surface area contributed by atoms with Crippen molar-refractivity contribution in [3.63, 3.8) is 0 Å². The van der Waals surface area contributed by atoms with Gasteiger partial charge in [0.15, 0.2) is 0 Å². The highest BCUT2D eigenvalue weighted by Gasteiger charge is 2.35. The summed E-state index contributed by atoms with van der Waals surface area (Å²) in [6.45, 7) is 5.45. The monoisotopic (exact) mass is 500 g/mol. The van der Waals surface area contributed by atoms with Gasteiger partial charge in [0, 0.05) is 22.2 Å². The van der Waals surface area contributed by atoms with Crippen molar-refractivity contribution >= 4 is 34.3 Å². The zero-order valence-corrected chi connectivity index (χ0v) is 17.7. The van der Waals surface area contributed by atoms with Gasteiger partial charge in [0.1, 0.15) is 5.82 Å². The number of carbonyl (C=O) groups excluding carboxylic acids is 1. The van der Waals surface area contributed by atoms with Crippen molar-refractivity contribution < 1.29 is 22.4 Å². The Labute approximate surface area is 171 Å². The van der Waals surface area contributed by atoms with Crippen molar-refractivity contribution in [1.29, 1.82) is 0 Å². The van der Waals surface area contributed by atoms with Crippen molar-refractivity contribution in [2.75, 3.05) is 18.4 Å². The molecule has 0 aromatic heterocycles. The molecule has 27 heavy (non-hydrogen) atoms. The number of halogens is 5. The van der Waals surface area contributed by atoms with Crippen LogP contribution in [0.4, 0.5) is 28.0 Å². The molecule has 3 nitrogen and oxygen atoms in total. The fourth-order valence-corrected chi connectivity index (χ4v) is 4.54. The second-order valence-corrected chi connectivity index (χ2v) is 9.47. The number of benzene rings is 1. The highest BCUT2D eigenvalue weighted by atomic mass is 127. The van der Waals surface area contributed by atoms with Gasteiger partial charge in [-0.15, -0.1) is 0 Å². The highest BCUT2D eigenvalue weighted by Crippen LogP contribution is 2.39. The van der Waals surface area contributed by atoms with Gasteiger partial charge in [-0.25, -0.2) is 9.18 Å². The normalized spacial score (nSPS) is 17.3. The Balaban J connectivity index is 1.98. The molecule has 8 heteroatoms. The van der Waals surface area contributed by atoms with E-state index in [4.69, 9.17) is 0 Å². The number of hydrogen-bond acceptors (Lipinski definition) is 1. The van der Waals surface area contributed by atoms with Crippen LogP contribution in [0.15, 0.2) is 18.2 Å². The predicted octanol–water partition coefficient (Wildman–Crippen LogP) is 6.47. The van der Waals surface area contributed by atoms with Crippen molar-refractivity contribution in [3.8, 4) is 0 Å². The van der Waals surface area contributed by atoms with Crippen LogP contribution in [0.3, 0.4) is 0 Å². The first kappa shape index (κ1) is 22.2. The van der Waals surface area contributed by atoms with Crippen LogP contribution >= 0.6 is 22.6 Å². The van der Waals surface area contributed by atoms with Crippen LogP contribution in [0.5, 0.6) is 0 Å². The van der Waals surface area contributed by atoms with E-state index in [0.29, 0.717) is 25.1 Å². The quantitative estimate of drug-likeness (QED) is 0.281. The third kappa shape index (κ3) is 6.22. The molecule has 0 unspecified atom stereocenters. The number of rotatable bonds is 5. The Hall–Kier alpha value is -1.06. The van der Waals surface area contributed by atoms with E-state index in [2.05, 4.69) is 41.8 Å². The fraction of sp³-hybridized carbons (Fsp3) is 0.632. The standard InChI is InChI=1S/C19H25F4IN2O/c1-3-13(4-2)12-18(24)5-7-26(8-6-18)17(27)25-16-10-14(19(21,22)23)9-15(20)11-16/h9-11,13H,3-8,12H2,1-2H3,(H,25,27). The number of anilines is 1. The number of urea groups is 1. The number of alkyl halides is 4. The van der Waals surface area contributed by atoms with Gasteiger partial charge < -0.3 is 10.2 Å². The Morgan fingerprint density at radius 2 is 1.81 bits per heavy atom. The van der Waals surface area contributed by atoms with Crippen LogP contribution in [0, 0.1) is 11.7 Å². The summed E-state index contributed by atoms with van der Waals surface area (Å²) < 4.78 is 52.0. The first-order valence-corrected chi connectivity index (χ1v) is 10.3. The molecule has 0 radical (unpaired) electrons. The maximum absolute atomic E-state index is 13.5. The Bertz CT molecular complexity index is 654. The zero-order chi connectivity index (χ0) is 20.2. The highest BCUT2D eigenvalue weighted by molar-refractivity contribution is 14.1. The molecule has 1 heterocycles. The molecule has 0 bridgehead atoms. The van der Waals surface area contributed by atoms with Crippen molar-refractivity contribution in [2.45, 2.75) is 55.5 Å². The van der Waals surface area contributed by atoms with Crippen LogP contribution in [0.1, 0.15) is 51.5 Å². The smallest absolute Gasteiger partial charge is 0.324 e. The molecule has 1 aromatic rings. The van der Waals surface area contributed by atoms with E-state index in [1.54, 1.807) is 4.90 Å². The van der Waals surface area contributed by atoms with E-state index in [-0.39, 0.29) is 9.11 Å². The maximum Gasteiger partial charge on any atom is 0.416 e. The zero-order valence-electron chi connectivity index (χ0n) is 15.5. The van der Waals surface area contributed by atoms with E-state index in [1.807, 2.05) is 0 Å². The number of carbonyl (C=O) groups is 1. The van der Waals surface area contributed by atoms with Crippen LogP contribution in [-0.2, 0) is 6.18 Å². The van der Waals surface area contributed by atoms with Gasteiger partial charge in [0.05, 0.1) is 5.56 Å². The largest absolute Gasteiger partial charge is 0.416 e. The summed E-state index contributed by atoms with van der Waals surface area (Å²) >= 11 is 2.49.